The number of likely N-dealkylation sites (tertiary alicyclic amines) is 1. The summed E-state index contributed by atoms with van der Waals surface area (Å²) in [5.41, 5.74) is -0.199. The Bertz CT molecular complexity index is 822. The maximum Gasteiger partial charge on any atom is 0.410 e. The molecule has 0 bridgehead atoms. The summed E-state index contributed by atoms with van der Waals surface area (Å²) >= 11 is 0. The maximum atomic E-state index is 13.0. The van der Waals surface area contributed by atoms with Crippen LogP contribution in [0.2, 0.25) is 0 Å². The number of nitrogens with one attached hydrogen (secondary N) is 1. The minimum absolute atomic E-state index is 0.242. The molecule has 1 saturated heterocycles. The van der Waals surface area contributed by atoms with Gasteiger partial charge in [0.05, 0.1) is 36.8 Å². The summed E-state index contributed by atoms with van der Waals surface area (Å²) in [5.74, 6) is -0.682. The molecule has 1 aromatic rings. The van der Waals surface area contributed by atoms with Gasteiger partial charge in [-0.2, -0.15) is 0 Å². The van der Waals surface area contributed by atoms with E-state index in [1.54, 1.807) is 43.0 Å². The van der Waals surface area contributed by atoms with Gasteiger partial charge in [-0.05, 0) is 52.7 Å². The Balaban J connectivity index is 0.00000281. The lowest BCUT2D eigenvalue weighted by molar-refractivity contribution is -0.131. The Morgan fingerprint density at radius 2 is 1.74 bits per heavy atom. The number of hydrogen-bond acceptors (Lipinski definition) is 7. The number of rotatable bonds is 8. The molecule has 2 rings (SSSR count). The number of carbonyl (C=O) groups is 3. The van der Waals surface area contributed by atoms with Gasteiger partial charge >= 0.3 is 6.09 Å². The van der Waals surface area contributed by atoms with Gasteiger partial charge in [0.1, 0.15) is 11.4 Å². The van der Waals surface area contributed by atoms with Crippen LogP contribution >= 0.6 is 0 Å². The van der Waals surface area contributed by atoms with E-state index in [0.717, 1.165) is 13.5 Å². The smallest absolute Gasteiger partial charge is 0.410 e. The number of benzene rings is 1. The average Bonchev–Trinajstić information content (AvgIpc) is 3.28. The topological polar surface area (TPSA) is 114 Å². The molecule has 1 aliphatic heterocycles. The first-order chi connectivity index (χ1) is 16.0. The zero-order valence-electron chi connectivity index (χ0n) is 21.6. The fraction of sp³-hybridized carbons (Fsp3) is 0.640. The molecular formula is C25H40N2O7. The Hall–Kier alpha value is -2.65. The minimum atomic E-state index is -0.746. The molecule has 9 heteroatoms. The molecule has 1 fully saturated rings. The van der Waals surface area contributed by atoms with Crippen molar-refractivity contribution in [2.45, 2.75) is 71.2 Å². The SMILES string of the molecule is CO.COc1ccccc1C(=O)C(C)NC(=O)C(C)C(OC)C1CCCN1C(=O)OC(C)(C)C. The minimum Gasteiger partial charge on any atom is -0.496 e. The second-order valence-electron chi connectivity index (χ2n) is 9.17. The van der Waals surface area contributed by atoms with E-state index in [2.05, 4.69) is 5.32 Å². The number of amides is 2. The van der Waals surface area contributed by atoms with E-state index in [1.807, 2.05) is 20.8 Å². The van der Waals surface area contributed by atoms with Gasteiger partial charge in [0.15, 0.2) is 5.78 Å². The molecule has 0 aromatic heterocycles. The highest BCUT2D eigenvalue weighted by molar-refractivity contribution is 6.03. The molecule has 0 saturated carbocycles. The van der Waals surface area contributed by atoms with Gasteiger partial charge in [0, 0.05) is 20.8 Å². The molecule has 4 atom stereocenters. The third-order valence-electron chi connectivity index (χ3n) is 5.61. The first-order valence-corrected chi connectivity index (χ1v) is 11.4. The lowest BCUT2D eigenvalue weighted by atomic mass is 9.94. The van der Waals surface area contributed by atoms with Crippen LogP contribution in [0, 0.1) is 5.92 Å². The van der Waals surface area contributed by atoms with Gasteiger partial charge in [0.25, 0.3) is 0 Å². The second kappa shape index (κ2) is 13.3. The summed E-state index contributed by atoms with van der Waals surface area (Å²) in [7, 11) is 4.03. The lowest BCUT2D eigenvalue weighted by Crippen LogP contribution is -2.52. The number of ketones is 1. The summed E-state index contributed by atoms with van der Waals surface area (Å²) in [4.78, 5) is 40.2. The van der Waals surface area contributed by atoms with Crippen molar-refractivity contribution >= 4 is 17.8 Å². The lowest BCUT2D eigenvalue weighted by Gasteiger charge is -2.35. The molecule has 2 N–H and O–H groups in total. The molecule has 0 radical (unpaired) electrons. The van der Waals surface area contributed by atoms with Gasteiger partial charge in [-0.15, -0.1) is 0 Å². The Morgan fingerprint density at radius 3 is 2.29 bits per heavy atom. The summed E-state index contributed by atoms with van der Waals surface area (Å²) in [6.07, 6.45) is 0.583. The standard InChI is InChI=1S/C24H36N2O6.CH4O/c1-15(21(31-7)18-12-10-14-26(18)23(29)32-24(3,4)5)22(28)25-16(2)20(27)17-11-8-9-13-19(17)30-6;1-2/h8-9,11,13,15-16,18,21H,10,12,14H2,1-7H3,(H,25,28);2H,1H3. The van der Waals surface area contributed by atoms with Crippen molar-refractivity contribution in [2.75, 3.05) is 27.9 Å². The normalized spacial score (nSPS) is 18.1. The first kappa shape index (κ1) is 29.4. The number of para-hydroxylation sites is 1. The number of methoxy groups -OCH3 is 2. The molecule has 0 aliphatic carbocycles. The summed E-state index contributed by atoms with van der Waals surface area (Å²) < 4.78 is 16.5. The first-order valence-electron chi connectivity index (χ1n) is 11.4. The van der Waals surface area contributed by atoms with Crippen LogP contribution in [-0.4, -0.2) is 79.5 Å². The van der Waals surface area contributed by atoms with Gasteiger partial charge < -0.3 is 29.5 Å². The molecule has 9 nitrogen and oxygen atoms in total. The van der Waals surface area contributed by atoms with Crippen LogP contribution in [0.25, 0.3) is 0 Å². The molecule has 0 spiro atoms. The van der Waals surface area contributed by atoms with Crippen molar-refractivity contribution in [1.29, 1.82) is 0 Å². The van der Waals surface area contributed by atoms with Crippen molar-refractivity contribution in [1.82, 2.24) is 10.2 Å². The number of aliphatic hydroxyl groups is 1. The van der Waals surface area contributed by atoms with Crippen molar-refractivity contribution < 1.29 is 33.7 Å². The van der Waals surface area contributed by atoms with Crippen LogP contribution in [0.3, 0.4) is 0 Å². The van der Waals surface area contributed by atoms with E-state index in [-0.39, 0.29) is 17.7 Å². The molecule has 2 amide bonds. The van der Waals surface area contributed by atoms with Crippen molar-refractivity contribution in [3.8, 4) is 5.75 Å². The number of nitrogens with zero attached hydrogens (tertiary/aromatic N) is 1. The third-order valence-corrected chi connectivity index (χ3v) is 5.61. The Kier molecular flexibility index (Phi) is 11.5. The number of Topliss-reactive ketones (excluding diaryl/α,β-unsaturated/α-hetero) is 1. The van der Waals surface area contributed by atoms with Crippen LogP contribution in [0.15, 0.2) is 24.3 Å². The van der Waals surface area contributed by atoms with Crippen LogP contribution in [0.5, 0.6) is 5.75 Å². The van der Waals surface area contributed by atoms with E-state index in [4.69, 9.17) is 19.3 Å². The molecule has 34 heavy (non-hydrogen) atoms. The fourth-order valence-corrected chi connectivity index (χ4v) is 4.02. The molecular weight excluding hydrogens is 440 g/mol. The second-order valence-corrected chi connectivity index (χ2v) is 9.17. The highest BCUT2D eigenvalue weighted by atomic mass is 16.6. The van der Waals surface area contributed by atoms with Gasteiger partial charge in [-0.3, -0.25) is 9.59 Å². The number of ether oxygens (including phenoxy) is 3. The summed E-state index contributed by atoms with van der Waals surface area (Å²) in [6, 6.07) is 5.88. The molecule has 4 unspecified atom stereocenters. The van der Waals surface area contributed by atoms with E-state index in [1.165, 1.54) is 14.2 Å². The fourth-order valence-electron chi connectivity index (χ4n) is 4.02. The summed E-state index contributed by atoms with van der Waals surface area (Å²) in [6.45, 7) is 9.40. The zero-order valence-corrected chi connectivity index (χ0v) is 21.6. The zero-order chi connectivity index (χ0) is 26.1. The Labute approximate surface area is 202 Å². The monoisotopic (exact) mass is 480 g/mol. The molecule has 1 aromatic carbocycles. The van der Waals surface area contributed by atoms with Crippen molar-refractivity contribution in [3.63, 3.8) is 0 Å². The van der Waals surface area contributed by atoms with Crippen LogP contribution < -0.4 is 10.1 Å². The number of aliphatic hydroxyl groups excluding tert-OH is 1. The van der Waals surface area contributed by atoms with E-state index in [0.29, 0.717) is 24.3 Å². The highest BCUT2D eigenvalue weighted by Gasteiger charge is 2.41. The highest BCUT2D eigenvalue weighted by Crippen LogP contribution is 2.28. The third kappa shape index (κ3) is 7.70. The average molecular weight is 481 g/mol. The van der Waals surface area contributed by atoms with Crippen LogP contribution in [-0.2, 0) is 14.3 Å². The number of carbonyl (C=O) groups excluding carboxylic acids is 3. The van der Waals surface area contributed by atoms with Crippen molar-refractivity contribution in [3.05, 3.63) is 29.8 Å². The Morgan fingerprint density at radius 1 is 1.12 bits per heavy atom. The van der Waals surface area contributed by atoms with Gasteiger partial charge in [-0.25, -0.2) is 4.79 Å². The van der Waals surface area contributed by atoms with Crippen LogP contribution in [0.1, 0.15) is 57.8 Å². The van der Waals surface area contributed by atoms with E-state index < -0.39 is 29.8 Å². The molecule has 1 heterocycles. The quantitative estimate of drug-likeness (QED) is 0.550. The van der Waals surface area contributed by atoms with Crippen LogP contribution in [0.4, 0.5) is 4.79 Å². The van der Waals surface area contributed by atoms with Gasteiger partial charge in [0.2, 0.25) is 5.91 Å². The number of hydrogen-bond donors (Lipinski definition) is 2. The maximum absolute atomic E-state index is 13.0. The van der Waals surface area contributed by atoms with E-state index >= 15 is 0 Å². The summed E-state index contributed by atoms with van der Waals surface area (Å²) in [5, 5.41) is 9.79. The predicted molar refractivity (Wildman–Crippen MR) is 129 cm³/mol. The van der Waals surface area contributed by atoms with Gasteiger partial charge in [-0.1, -0.05) is 19.1 Å². The van der Waals surface area contributed by atoms with E-state index in [9.17, 15) is 14.4 Å². The molecule has 1 aliphatic rings. The molecule has 192 valence electrons. The van der Waals surface area contributed by atoms with Crippen molar-refractivity contribution in [2.24, 2.45) is 5.92 Å². The predicted octanol–water partition coefficient (Wildman–Crippen LogP) is 3.04. The largest absolute Gasteiger partial charge is 0.496 e.